The number of esters is 1. The zero-order chi connectivity index (χ0) is 15.2. The highest BCUT2D eigenvalue weighted by atomic mass is 16.5. The molecule has 0 spiro atoms. The number of rotatable bonds is 5. The van der Waals surface area contributed by atoms with Gasteiger partial charge in [-0.1, -0.05) is 18.9 Å². The van der Waals surface area contributed by atoms with Gasteiger partial charge in [0.05, 0.1) is 18.7 Å². The van der Waals surface area contributed by atoms with Crippen LogP contribution in [0.15, 0.2) is 18.2 Å². The molecule has 1 aromatic rings. The maximum Gasteiger partial charge on any atom is 0.309 e. The van der Waals surface area contributed by atoms with E-state index in [1.807, 2.05) is 19.1 Å². The molecular formula is C16H21NO4. The predicted molar refractivity (Wildman–Crippen MR) is 79.3 cm³/mol. The molecule has 0 aromatic heterocycles. The second kappa shape index (κ2) is 7.11. The Balaban J connectivity index is 1.86. The van der Waals surface area contributed by atoms with Crippen LogP contribution in [0, 0.1) is 12.8 Å². The Morgan fingerprint density at radius 3 is 2.67 bits per heavy atom. The summed E-state index contributed by atoms with van der Waals surface area (Å²) in [5.41, 5.74) is 1.59. The molecule has 5 heteroatoms. The second-order valence-electron chi connectivity index (χ2n) is 5.34. The number of methoxy groups -OCH3 is 1. The van der Waals surface area contributed by atoms with Gasteiger partial charge in [0.1, 0.15) is 5.75 Å². The van der Waals surface area contributed by atoms with E-state index in [-0.39, 0.29) is 24.4 Å². The van der Waals surface area contributed by atoms with Crippen molar-refractivity contribution in [2.75, 3.05) is 19.0 Å². The van der Waals surface area contributed by atoms with Gasteiger partial charge in [0.15, 0.2) is 6.61 Å². The van der Waals surface area contributed by atoms with Crippen LogP contribution in [0.25, 0.3) is 0 Å². The summed E-state index contributed by atoms with van der Waals surface area (Å²) >= 11 is 0. The smallest absolute Gasteiger partial charge is 0.309 e. The zero-order valence-corrected chi connectivity index (χ0v) is 12.5. The van der Waals surface area contributed by atoms with Gasteiger partial charge in [-0.25, -0.2) is 0 Å². The maximum absolute atomic E-state index is 11.9. The average Bonchev–Trinajstić information content (AvgIpc) is 2.99. The van der Waals surface area contributed by atoms with E-state index in [0.29, 0.717) is 11.4 Å². The van der Waals surface area contributed by atoms with Gasteiger partial charge in [-0.15, -0.1) is 0 Å². The molecule has 0 heterocycles. The van der Waals surface area contributed by atoms with Gasteiger partial charge in [0.25, 0.3) is 5.91 Å². The summed E-state index contributed by atoms with van der Waals surface area (Å²) in [4.78, 5) is 23.6. The molecule has 0 saturated heterocycles. The van der Waals surface area contributed by atoms with Crippen molar-refractivity contribution in [1.29, 1.82) is 0 Å². The van der Waals surface area contributed by atoms with E-state index in [4.69, 9.17) is 9.47 Å². The quantitative estimate of drug-likeness (QED) is 0.847. The maximum atomic E-state index is 11.9. The average molecular weight is 291 g/mol. The Morgan fingerprint density at radius 1 is 1.29 bits per heavy atom. The van der Waals surface area contributed by atoms with E-state index >= 15 is 0 Å². The molecule has 0 atom stereocenters. The van der Waals surface area contributed by atoms with Crippen LogP contribution in [0.2, 0.25) is 0 Å². The van der Waals surface area contributed by atoms with E-state index in [9.17, 15) is 9.59 Å². The summed E-state index contributed by atoms with van der Waals surface area (Å²) in [6, 6.07) is 5.50. The van der Waals surface area contributed by atoms with E-state index in [2.05, 4.69) is 5.32 Å². The van der Waals surface area contributed by atoms with Crippen LogP contribution >= 0.6 is 0 Å². The highest BCUT2D eigenvalue weighted by Gasteiger charge is 2.24. The highest BCUT2D eigenvalue weighted by Crippen LogP contribution is 2.26. The fraction of sp³-hybridized carbons (Fsp3) is 0.500. The van der Waals surface area contributed by atoms with Gasteiger partial charge in [-0.3, -0.25) is 9.59 Å². The van der Waals surface area contributed by atoms with Crippen molar-refractivity contribution in [2.45, 2.75) is 32.6 Å². The topological polar surface area (TPSA) is 64.6 Å². The largest absolute Gasteiger partial charge is 0.495 e. The number of carbonyl (C=O) groups excluding carboxylic acids is 2. The standard InChI is InChI=1S/C16H21NO4/c1-11-7-8-14(20-2)13(9-11)17-15(18)10-21-16(19)12-5-3-4-6-12/h7-9,12H,3-6,10H2,1-2H3,(H,17,18). The lowest BCUT2D eigenvalue weighted by Crippen LogP contribution is -2.24. The molecule has 1 amide bonds. The van der Waals surface area contributed by atoms with Crippen molar-refractivity contribution < 1.29 is 19.1 Å². The van der Waals surface area contributed by atoms with Gasteiger partial charge in [0, 0.05) is 0 Å². The van der Waals surface area contributed by atoms with Gasteiger partial charge < -0.3 is 14.8 Å². The van der Waals surface area contributed by atoms with Crippen LogP contribution in [-0.4, -0.2) is 25.6 Å². The molecule has 1 aromatic carbocycles. The first-order valence-corrected chi connectivity index (χ1v) is 7.21. The number of hydrogen-bond donors (Lipinski definition) is 1. The fourth-order valence-corrected chi connectivity index (χ4v) is 2.52. The Bertz CT molecular complexity index is 521. The summed E-state index contributed by atoms with van der Waals surface area (Å²) in [6.45, 7) is 1.67. The van der Waals surface area contributed by atoms with Crippen LogP contribution in [0.5, 0.6) is 5.75 Å². The summed E-state index contributed by atoms with van der Waals surface area (Å²) in [7, 11) is 1.54. The van der Waals surface area contributed by atoms with Crippen molar-refractivity contribution in [3.63, 3.8) is 0 Å². The van der Waals surface area contributed by atoms with Crippen molar-refractivity contribution >= 4 is 17.6 Å². The number of hydrogen-bond acceptors (Lipinski definition) is 4. The minimum atomic E-state index is -0.356. The van der Waals surface area contributed by atoms with Crippen molar-refractivity contribution in [3.8, 4) is 5.75 Å². The fourth-order valence-electron chi connectivity index (χ4n) is 2.52. The Morgan fingerprint density at radius 2 is 2.00 bits per heavy atom. The zero-order valence-electron chi connectivity index (χ0n) is 12.5. The van der Waals surface area contributed by atoms with Gasteiger partial charge in [-0.2, -0.15) is 0 Å². The first kappa shape index (κ1) is 15.4. The number of nitrogens with one attached hydrogen (secondary N) is 1. The number of benzene rings is 1. The molecule has 1 N–H and O–H groups in total. The number of ether oxygens (including phenoxy) is 2. The molecule has 1 fully saturated rings. The van der Waals surface area contributed by atoms with Gasteiger partial charge in [-0.05, 0) is 37.5 Å². The third-order valence-corrected chi connectivity index (χ3v) is 3.66. The van der Waals surface area contributed by atoms with Crippen LogP contribution in [0.1, 0.15) is 31.2 Å². The summed E-state index contributed by atoms with van der Waals surface area (Å²) in [5.74, 6) is -0.0773. The normalized spacial score (nSPS) is 14.8. The van der Waals surface area contributed by atoms with Crippen molar-refractivity contribution in [1.82, 2.24) is 0 Å². The number of anilines is 1. The van der Waals surface area contributed by atoms with Crippen molar-refractivity contribution in [3.05, 3.63) is 23.8 Å². The summed E-state index contributed by atoms with van der Waals surface area (Å²) < 4.78 is 10.3. The number of amides is 1. The third kappa shape index (κ3) is 4.21. The highest BCUT2D eigenvalue weighted by molar-refractivity contribution is 5.94. The first-order chi connectivity index (χ1) is 10.1. The molecule has 0 bridgehead atoms. The molecule has 2 rings (SSSR count). The first-order valence-electron chi connectivity index (χ1n) is 7.21. The number of aryl methyl sites for hydroxylation is 1. The summed E-state index contributed by atoms with van der Waals surface area (Å²) in [5, 5.41) is 2.71. The monoisotopic (exact) mass is 291 g/mol. The lowest BCUT2D eigenvalue weighted by atomic mass is 10.1. The lowest BCUT2D eigenvalue weighted by molar-refractivity contribution is -0.151. The third-order valence-electron chi connectivity index (χ3n) is 3.66. The molecule has 0 radical (unpaired) electrons. The molecule has 0 aliphatic heterocycles. The molecule has 1 aliphatic rings. The van der Waals surface area contributed by atoms with Crippen LogP contribution < -0.4 is 10.1 Å². The number of carbonyl (C=O) groups is 2. The molecule has 21 heavy (non-hydrogen) atoms. The SMILES string of the molecule is COc1ccc(C)cc1NC(=O)COC(=O)C1CCCC1. The minimum Gasteiger partial charge on any atom is -0.495 e. The Kier molecular flexibility index (Phi) is 5.20. The minimum absolute atomic E-state index is 0.0358. The van der Waals surface area contributed by atoms with E-state index < -0.39 is 0 Å². The van der Waals surface area contributed by atoms with Crippen LogP contribution in [-0.2, 0) is 14.3 Å². The molecule has 5 nitrogen and oxygen atoms in total. The Hall–Kier alpha value is -2.04. The van der Waals surface area contributed by atoms with Crippen LogP contribution in [0.3, 0.4) is 0 Å². The van der Waals surface area contributed by atoms with Gasteiger partial charge >= 0.3 is 5.97 Å². The molecular weight excluding hydrogens is 270 g/mol. The van der Waals surface area contributed by atoms with E-state index in [1.54, 1.807) is 13.2 Å². The second-order valence-corrected chi connectivity index (χ2v) is 5.34. The van der Waals surface area contributed by atoms with E-state index in [0.717, 1.165) is 31.2 Å². The molecule has 0 unspecified atom stereocenters. The van der Waals surface area contributed by atoms with E-state index in [1.165, 1.54) is 0 Å². The molecule has 114 valence electrons. The molecule has 1 aliphatic carbocycles. The predicted octanol–water partition coefficient (Wildman–Crippen LogP) is 2.68. The van der Waals surface area contributed by atoms with Crippen molar-refractivity contribution in [2.24, 2.45) is 5.92 Å². The van der Waals surface area contributed by atoms with Gasteiger partial charge in [0.2, 0.25) is 0 Å². The van der Waals surface area contributed by atoms with Crippen LogP contribution in [0.4, 0.5) is 5.69 Å². The Labute approximate surface area is 124 Å². The summed E-state index contributed by atoms with van der Waals surface area (Å²) in [6.07, 6.45) is 3.86. The molecule has 1 saturated carbocycles. The lowest BCUT2D eigenvalue weighted by Gasteiger charge is -2.12.